The maximum Gasteiger partial charge on any atom is 0.234 e. The number of rotatable bonds is 4. The summed E-state index contributed by atoms with van der Waals surface area (Å²) in [6.45, 7) is 7.79. The first-order valence-corrected chi connectivity index (χ1v) is 5.17. The van der Waals surface area contributed by atoms with E-state index < -0.39 is 0 Å². The minimum Gasteiger partial charge on any atom is -0.355 e. The zero-order valence-corrected chi connectivity index (χ0v) is 8.68. The molecule has 0 spiro atoms. The molecule has 1 rings (SSSR count). The van der Waals surface area contributed by atoms with Crippen molar-refractivity contribution in [2.75, 3.05) is 26.2 Å². The lowest BCUT2D eigenvalue weighted by Gasteiger charge is -2.14. The van der Waals surface area contributed by atoms with Crippen molar-refractivity contribution in [3.05, 3.63) is 0 Å². The average Bonchev–Trinajstić information content (AvgIpc) is 2.53. The highest BCUT2D eigenvalue weighted by Gasteiger charge is 2.14. The van der Waals surface area contributed by atoms with E-state index in [0.717, 1.165) is 19.6 Å². The molecular formula is C10H20N2O. The highest BCUT2D eigenvalue weighted by molar-refractivity contribution is 5.78. The minimum atomic E-state index is 0.176. The van der Waals surface area contributed by atoms with Crippen LogP contribution in [0, 0.1) is 5.92 Å². The third kappa shape index (κ3) is 4.27. The van der Waals surface area contributed by atoms with Gasteiger partial charge in [-0.05, 0) is 31.8 Å². The maximum atomic E-state index is 11.4. The van der Waals surface area contributed by atoms with Crippen molar-refractivity contribution in [2.24, 2.45) is 5.92 Å². The molecule has 1 fully saturated rings. The number of nitrogens with zero attached hydrogens (tertiary/aromatic N) is 1. The summed E-state index contributed by atoms with van der Waals surface area (Å²) in [5.41, 5.74) is 0. The largest absolute Gasteiger partial charge is 0.355 e. The third-order valence-electron chi connectivity index (χ3n) is 2.27. The number of amides is 1. The normalized spacial score (nSPS) is 18.1. The van der Waals surface area contributed by atoms with E-state index in [-0.39, 0.29) is 5.91 Å². The first kappa shape index (κ1) is 10.5. The molecule has 13 heavy (non-hydrogen) atoms. The highest BCUT2D eigenvalue weighted by Crippen LogP contribution is 2.05. The number of carbonyl (C=O) groups is 1. The number of hydrogen-bond acceptors (Lipinski definition) is 2. The second kappa shape index (κ2) is 5.22. The van der Waals surface area contributed by atoms with Gasteiger partial charge in [-0.1, -0.05) is 13.8 Å². The van der Waals surface area contributed by atoms with Crippen LogP contribution in [0.4, 0.5) is 0 Å². The van der Waals surface area contributed by atoms with E-state index in [4.69, 9.17) is 0 Å². The quantitative estimate of drug-likeness (QED) is 0.702. The molecule has 0 radical (unpaired) electrons. The van der Waals surface area contributed by atoms with Crippen LogP contribution in [-0.2, 0) is 4.79 Å². The highest BCUT2D eigenvalue weighted by atomic mass is 16.2. The molecule has 3 nitrogen and oxygen atoms in total. The van der Waals surface area contributed by atoms with Crippen LogP contribution in [0.2, 0.25) is 0 Å². The van der Waals surface area contributed by atoms with Gasteiger partial charge in [0.05, 0.1) is 6.54 Å². The Labute approximate surface area is 80.5 Å². The number of carbonyl (C=O) groups excluding carboxylic acids is 1. The van der Waals surface area contributed by atoms with Gasteiger partial charge in [-0.2, -0.15) is 0 Å². The second-order valence-corrected chi connectivity index (χ2v) is 4.18. The van der Waals surface area contributed by atoms with Gasteiger partial charge in [0.25, 0.3) is 0 Å². The van der Waals surface area contributed by atoms with Crippen molar-refractivity contribution >= 4 is 5.91 Å². The van der Waals surface area contributed by atoms with Crippen LogP contribution >= 0.6 is 0 Å². The van der Waals surface area contributed by atoms with E-state index >= 15 is 0 Å². The van der Waals surface area contributed by atoms with Crippen LogP contribution in [0.1, 0.15) is 26.7 Å². The first-order chi connectivity index (χ1) is 6.18. The fourth-order valence-electron chi connectivity index (χ4n) is 1.52. The smallest absolute Gasteiger partial charge is 0.234 e. The van der Waals surface area contributed by atoms with E-state index in [1.54, 1.807) is 0 Å². The topological polar surface area (TPSA) is 32.3 Å². The summed E-state index contributed by atoms with van der Waals surface area (Å²) in [7, 11) is 0. The molecule has 1 amide bonds. The van der Waals surface area contributed by atoms with Gasteiger partial charge in [-0.15, -0.1) is 0 Å². The Hall–Kier alpha value is -0.570. The van der Waals surface area contributed by atoms with Crippen LogP contribution < -0.4 is 5.32 Å². The molecule has 1 heterocycles. The van der Waals surface area contributed by atoms with E-state index in [0.29, 0.717) is 12.5 Å². The van der Waals surface area contributed by atoms with Crippen LogP contribution in [0.15, 0.2) is 0 Å². The fraction of sp³-hybridized carbons (Fsp3) is 0.900. The Morgan fingerprint density at radius 2 is 2.00 bits per heavy atom. The molecule has 1 aliphatic heterocycles. The van der Waals surface area contributed by atoms with Crippen LogP contribution in [0.3, 0.4) is 0 Å². The van der Waals surface area contributed by atoms with Gasteiger partial charge < -0.3 is 5.32 Å². The maximum absolute atomic E-state index is 11.4. The lowest BCUT2D eigenvalue weighted by Crippen LogP contribution is -2.37. The monoisotopic (exact) mass is 184 g/mol. The summed E-state index contributed by atoms with van der Waals surface area (Å²) in [5, 5.41) is 2.93. The summed E-state index contributed by atoms with van der Waals surface area (Å²) in [5.74, 6) is 0.720. The van der Waals surface area contributed by atoms with Crippen molar-refractivity contribution in [3.8, 4) is 0 Å². The Morgan fingerprint density at radius 3 is 2.54 bits per heavy atom. The van der Waals surface area contributed by atoms with E-state index in [1.165, 1.54) is 12.8 Å². The molecule has 0 aromatic heterocycles. The van der Waals surface area contributed by atoms with Gasteiger partial charge in [-0.25, -0.2) is 0 Å². The van der Waals surface area contributed by atoms with Crippen molar-refractivity contribution in [1.82, 2.24) is 10.2 Å². The Kier molecular flexibility index (Phi) is 4.22. The SMILES string of the molecule is CC(C)CNC(=O)CN1CCCC1. The van der Waals surface area contributed by atoms with Crippen molar-refractivity contribution in [3.63, 3.8) is 0 Å². The van der Waals surface area contributed by atoms with Crippen LogP contribution in [0.5, 0.6) is 0 Å². The number of likely N-dealkylation sites (tertiary alicyclic amines) is 1. The predicted molar refractivity (Wildman–Crippen MR) is 53.5 cm³/mol. The predicted octanol–water partition coefficient (Wildman–Crippen LogP) is 0.854. The molecule has 76 valence electrons. The molecule has 0 saturated carbocycles. The van der Waals surface area contributed by atoms with Crippen molar-refractivity contribution in [1.29, 1.82) is 0 Å². The second-order valence-electron chi connectivity index (χ2n) is 4.18. The molecule has 3 heteroatoms. The molecule has 0 aromatic carbocycles. The Morgan fingerprint density at radius 1 is 1.38 bits per heavy atom. The zero-order valence-electron chi connectivity index (χ0n) is 8.68. The van der Waals surface area contributed by atoms with Crippen molar-refractivity contribution in [2.45, 2.75) is 26.7 Å². The van der Waals surface area contributed by atoms with Crippen LogP contribution in [0.25, 0.3) is 0 Å². The van der Waals surface area contributed by atoms with Gasteiger partial charge >= 0.3 is 0 Å². The van der Waals surface area contributed by atoms with E-state index in [9.17, 15) is 4.79 Å². The standard InChI is InChI=1S/C10H20N2O/c1-9(2)7-11-10(13)8-12-5-3-4-6-12/h9H,3-8H2,1-2H3,(H,11,13). The van der Waals surface area contributed by atoms with Gasteiger partial charge in [0, 0.05) is 6.54 Å². The summed E-state index contributed by atoms with van der Waals surface area (Å²) in [6, 6.07) is 0. The number of hydrogen-bond donors (Lipinski definition) is 1. The summed E-state index contributed by atoms with van der Waals surface area (Å²) >= 11 is 0. The van der Waals surface area contributed by atoms with E-state index in [2.05, 4.69) is 24.1 Å². The molecule has 1 aliphatic rings. The van der Waals surface area contributed by atoms with E-state index in [1.807, 2.05) is 0 Å². The first-order valence-electron chi connectivity index (χ1n) is 5.17. The summed E-state index contributed by atoms with van der Waals surface area (Å²) in [4.78, 5) is 13.6. The van der Waals surface area contributed by atoms with Gasteiger partial charge in [0.1, 0.15) is 0 Å². The number of nitrogens with one attached hydrogen (secondary N) is 1. The molecule has 1 saturated heterocycles. The van der Waals surface area contributed by atoms with Crippen molar-refractivity contribution < 1.29 is 4.79 Å². The average molecular weight is 184 g/mol. The Balaban J connectivity index is 2.09. The third-order valence-corrected chi connectivity index (χ3v) is 2.27. The molecule has 0 bridgehead atoms. The van der Waals surface area contributed by atoms with Gasteiger partial charge in [0.2, 0.25) is 5.91 Å². The molecule has 1 N–H and O–H groups in total. The summed E-state index contributed by atoms with van der Waals surface area (Å²) < 4.78 is 0. The fourth-order valence-corrected chi connectivity index (χ4v) is 1.52. The van der Waals surface area contributed by atoms with Gasteiger partial charge in [-0.3, -0.25) is 9.69 Å². The van der Waals surface area contributed by atoms with Crippen LogP contribution in [-0.4, -0.2) is 37.0 Å². The molecule has 0 unspecified atom stereocenters. The summed E-state index contributed by atoms with van der Waals surface area (Å²) in [6.07, 6.45) is 2.49. The lowest BCUT2D eigenvalue weighted by atomic mass is 10.2. The van der Waals surface area contributed by atoms with Gasteiger partial charge in [0.15, 0.2) is 0 Å². The molecule has 0 atom stereocenters. The minimum absolute atomic E-state index is 0.176. The molecule has 0 aliphatic carbocycles. The molecule has 0 aromatic rings. The Bertz CT molecular complexity index is 162. The zero-order chi connectivity index (χ0) is 9.68. The molecular weight excluding hydrogens is 164 g/mol. The lowest BCUT2D eigenvalue weighted by molar-refractivity contribution is -0.122.